The van der Waals surface area contributed by atoms with Gasteiger partial charge in [-0.2, -0.15) is 0 Å². The Bertz CT molecular complexity index is 335. The van der Waals surface area contributed by atoms with Crippen LogP contribution in [0, 0.1) is 0 Å². The van der Waals surface area contributed by atoms with Gasteiger partial charge in [0.15, 0.2) is 0 Å². The zero-order chi connectivity index (χ0) is 14.1. The van der Waals surface area contributed by atoms with E-state index in [-0.39, 0.29) is 12.3 Å². The molecule has 102 valence electrons. The number of nitrogens with one attached hydrogen (secondary N) is 1. The molecule has 0 fully saturated rings. The van der Waals surface area contributed by atoms with Crippen LogP contribution in [0.15, 0.2) is 0 Å². The van der Waals surface area contributed by atoms with E-state index in [2.05, 4.69) is 5.32 Å². The topological polar surface area (TPSA) is 147 Å². The second-order valence-electron chi connectivity index (χ2n) is 3.28. The van der Waals surface area contributed by atoms with Crippen LogP contribution in [0.2, 0.25) is 0 Å². The number of nitrogens with two attached hydrogens (primary N) is 1. The Kier molecular flexibility index (Phi) is 7.72. The number of hydrogen-bond acceptors (Lipinski definition) is 6. The molecule has 0 saturated carbocycles. The fraction of sp³-hybridized carbons (Fsp3) is 0.556. The van der Waals surface area contributed by atoms with Crippen molar-refractivity contribution < 1.29 is 29.4 Å². The molecule has 0 rings (SSSR count). The number of carboxylic acids is 2. The maximum Gasteiger partial charge on any atom is 0.321 e. The van der Waals surface area contributed by atoms with Crippen molar-refractivity contribution >= 4 is 35.9 Å². The van der Waals surface area contributed by atoms with Gasteiger partial charge in [-0.1, -0.05) is 0 Å². The van der Waals surface area contributed by atoms with Crippen molar-refractivity contribution in [3.8, 4) is 0 Å². The van der Waals surface area contributed by atoms with Crippen molar-refractivity contribution in [1.29, 1.82) is 0 Å². The third-order valence-corrected chi connectivity index (χ3v) is 3.14. The minimum atomic E-state index is -1.23. The molecular weight excluding hydrogens is 264 g/mol. The van der Waals surface area contributed by atoms with Gasteiger partial charge in [0.25, 0.3) is 0 Å². The van der Waals surface area contributed by atoms with E-state index < -0.39 is 35.6 Å². The standard InChI is InChI=1S/C9H14N2O6S/c10-5(9(16)17)4-18-6(3-7(13)14)8(15)11-1-2-12/h2,5-6H,1,3-4,10H2,(H,11,15)(H,13,14)(H,16,17)/t5-,6?/m0/s1. The smallest absolute Gasteiger partial charge is 0.321 e. The quantitative estimate of drug-likeness (QED) is 0.364. The Balaban J connectivity index is 4.38. The molecule has 5 N–H and O–H groups in total. The van der Waals surface area contributed by atoms with Gasteiger partial charge in [0.2, 0.25) is 5.91 Å². The first-order valence-electron chi connectivity index (χ1n) is 4.91. The van der Waals surface area contributed by atoms with Gasteiger partial charge in [-0.15, -0.1) is 11.8 Å². The second kappa shape index (κ2) is 8.48. The highest BCUT2D eigenvalue weighted by Gasteiger charge is 2.24. The number of aliphatic carboxylic acids is 2. The molecule has 0 bridgehead atoms. The summed E-state index contributed by atoms with van der Waals surface area (Å²) in [4.78, 5) is 42.6. The van der Waals surface area contributed by atoms with Gasteiger partial charge in [-0.3, -0.25) is 14.4 Å². The van der Waals surface area contributed by atoms with E-state index in [1.54, 1.807) is 0 Å². The van der Waals surface area contributed by atoms with Crippen LogP contribution in [0.4, 0.5) is 0 Å². The van der Waals surface area contributed by atoms with Gasteiger partial charge in [0.05, 0.1) is 18.2 Å². The summed E-state index contributed by atoms with van der Waals surface area (Å²) in [6.07, 6.45) is -0.00885. The summed E-state index contributed by atoms with van der Waals surface area (Å²) in [6, 6.07) is -1.18. The van der Waals surface area contributed by atoms with Crippen LogP contribution in [0.1, 0.15) is 6.42 Å². The van der Waals surface area contributed by atoms with Crippen LogP contribution < -0.4 is 11.1 Å². The lowest BCUT2D eigenvalue weighted by atomic mass is 10.3. The molecule has 1 amide bonds. The third-order valence-electron chi connectivity index (χ3n) is 1.81. The Morgan fingerprint density at radius 2 is 1.94 bits per heavy atom. The Morgan fingerprint density at radius 3 is 2.39 bits per heavy atom. The maximum absolute atomic E-state index is 11.5. The zero-order valence-corrected chi connectivity index (χ0v) is 10.2. The summed E-state index contributed by atoms with van der Waals surface area (Å²) >= 11 is 0.830. The number of amides is 1. The summed E-state index contributed by atoms with van der Waals surface area (Å²) in [6.45, 7) is -0.222. The molecule has 1 unspecified atom stereocenters. The highest BCUT2D eigenvalue weighted by atomic mass is 32.2. The third kappa shape index (κ3) is 6.86. The van der Waals surface area contributed by atoms with Gasteiger partial charge in [-0.25, -0.2) is 0 Å². The molecule has 0 aliphatic heterocycles. The fourth-order valence-corrected chi connectivity index (χ4v) is 2.01. The Morgan fingerprint density at radius 1 is 1.33 bits per heavy atom. The molecule has 0 spiro atoms. The summed E-state index contributed by atoms with van der Waals surface area (Å²) in [5.41, 5.74) is 5.24. The van der Waals surface area contributed by atoms with E-state index in [0.29, 0.717) is 6.29 Å². The normalized spacial score (nSPS) is 13.4. The molecule has 2 atom stereocenters. The van der Waals surface area contributed by atoms with Crippen molar-refractivity contribution in [2.24, 2.45) is 5.73 Å². The molecule has 0 heterocycles. The fourth-order valence-electron chi connectivity index (χ4n) is 0.933. The number of thioether (sulfide) groups is 1. The van der Waals surface area contributed by atoms with E-state index in [1.165, 1.54) is 0 Å². The van der Waals surface area contributed by atoms with E-state index in [9.17, 15) is 19.2 Å². The van der Waals surface area contributed by atoms with Crippen molar-refractivity contribution in [2.45, 2.75) is 17.7 Å². The first-order chi connectivity index (χ1) is 8.38. The van der Waals surface area contributed by atoms with E-state index in [1.807, 2.05) is 0 Å². The Labute approximate surface area is 107 Å². The van der Waals surface area contributed by atoms with Gasteiger partial charge in [0.1, 0.15) is 12.3 Å². The number of carboxylic acid groups (broad SMARTS) is 2. The van der Waals surface area contributed by atoms with Crippen molar-refractivity contribution in [3.63, 3.8) is 0 Å². The molecule has 0 aliphatic carbocycles. The van der Waals surface area contributed by atoms with Gasteiger partial charge in [0, 0.05) is 5.75 Å². The number of hydrogen-bond donors (Lipinski definition) is 4. The van der Waals surface area contributed by atoms with Crippen LogP contribution in [0.3, 0.4) is 0 Å². The highest BCUT2D eigenvalue weighted by molar-refractivity contribution is 8.00. The molecule has 0 aliphatic rings. The van der Waals surface area contributed by atoms with E-state index in [4.69, 9.17) is 15.9 Å². The van der Waals surface area contributed by atoms with Crippen LogP contribution >= 0.6 is 11.8 Å². The lowest BCUT2D eigenvalue weighted by molar-refractivity contribution is -0.138. The van der Waals surface area contributed by atoms with Crippen LogP contribution in [0.25, 0.3) is 0 Å². The largest absolute Gasteiger partial charge is 0.481 e. The number of carbonyl (C=O) groups excluding carboxylic acids is 2. The summed E-state index contributed by atoms with van der Waals surface area (Å²) in [5, 5.41) is 18.4. The second-order valence-corrected chi connectivity index (χ2v) is 4.51. The summed E-state index contributed by atoms with van der Waals surface area (Å²) in [7, 11) is 0. The predicted octanol–water partition coefficient (Wildman–Crippen LogP) is -1.71. The highest BCUT2D eigenvalue weighted by Crippen LogP contribution is 2.16. The molecule has 0 aromatic rings. The molecule has 0 radical (unpaired) electrons. The Hall–Kier alpha value is -1.61. The average molecular weight is 278 g/mol. The zero-order valence-electron chi connectivity index (χ0n) is 9.37. The molecular formula is C9H14N2O6S. The minimum absolute atomic E-state index is 0.0954. The van der Waals surface area contributed by atoms with Gasteiger partial charge in [-0.05, 0) is 0 Å². The van der Waals surface area contributed by atoms with E-state index >= 15 is 0 Å². The lowest BCUT2D eigenvalue weighted by Gasteiger charge is -2.15. The van der Waals surface area contributed by atoms with Crippen molar-refractivity contribution in [1.82, 2.24) is 5.32 Å². The first kappa shape index (κ1) is 16.4. The van der Waals surface area contributed by atoms with Crippen LogP contribution in [-0.4, -0.2) is 57.9 Å². The number of carbonyl (C=O) groups is 4. The maximum atomic E-state index is 11.5. The first-order valence-corrected chi connectivity index (χ1v) is 5.96. The lowest BCUT2D eigenvalue weighted by Crippen LogP contribution is -2.38. The molecule has 9 heteroatoms. The number of aldehydes is 1. The summed E-state index contributed by atoms with van der Waals surface area (Å²) in [5.74, 6) is -3.16. The molecule has 18 heavy (non-hydrogen) atoms. The van der Waals surface area contributed by atoms with E-state index in [0.717, 1.165) is 11.8 Å². The monoisotopic (exact) mass is 278 g/mol. The van der Waals surface area contributed by atoms with Crippen molar-refractivity contribution in [2.75, 3.05) is 12.3 Å². The minimum Gasteiger partial charge on any atom is -0.481 e. The number of rotatable bonds is 9. The molecule has 0 aromatic heterocycles. The van der Waals surface area contributed by atoms with Crippen molar-refractivity contribution in [3.05, 3.63) is 0 Å². The van der Waals surface area contributed by atoms with Gasteiger partial charge >= 0.3 is 11.9 Å². The van der Waals surface area contributed by atoms with Crippen LogP contribution in [0.5, 0.6) is 0 Å². The SMILES string of the molecule is N[C@@H](CSC(CC(=O)O)C(=O)NCC=O)C(=O)O. The summed E-state index contributed by atoms with van der Waals surface area (Å²) < 4.78 is 0. The van der Waals surface area contributed by atoms with Crippen LogP contribution in [-0.2, 0) is 19.2 Å². The molecule has 8 nitrogen and oxygen atoms in total. The molecule has 0 saturated heterocycles. The predicted molar refractivity (Wildman–Crippen MR) is 63.2 cm³/mol. The molecule has 0 aromatic carbocycles. The van der Waals surface area contributed by atoms with Gasteiger partial charge < -0.3 is 26.1 Å². The average Bonchev–Trinajstić information content (AvgIpc) is 2.30.